The molecule has 3 amide bonds. The van der Waals surface area contributed by atoms with Gasteiger partial charge in [-0.2, -0.15) is 0 Å². The average molecular weight is 422 g/mol. The molecule has 1 aliphatic carbocycles. The summed E-state index contributed by atoms with van der Waals surface area (Å²) in [6, 6.07) is -0.677. The Hall–Kier alpha value is -1.89. The van der Waals surface area contributed by atoms with Crippen LogP contribution in [0.5, 0.6) is 0 Å². The van der Waals surface area contributed by atoms with Crippen molar-refractivity contribution in [2.45, 2.75) is 66.0 Å². The Morgan fingerprint density at radius 1 is 1.13 bits per heavy atom. The van der Waals surface area contributed by atoms with E-state index in [9.17, 15) is 19.5 Å². The van der Waals surface area contributed by atoms with Gasteiger partial charge >= 0.3 is 0 Å². The van der Waals surface area contributed by atoms with Crippen LogP contribution in [-0.4, -0.2) is 59.5 Å². The van der Waals surface area contributed by atoms with Gasteiger partial charge in [-0.15, -0.1) is 0 Å². The first-order chi connectivity index (χ1) is 13.8. The molecule has 0 aromatic carbocycles. The highest BCUT2D eigenvalue weighted by Crippen LogP contribution is 2.44. The summed E-state index contributed by atoms with van der Waals surface area (Å²) in [4.78, 5) is 41.0. The Kier molecular flexibility index (Phi) is 7.38. The van der Waals surface area contributed by atoms with Crippen LogP contribution < -0.4 is 10.6 Å². The highest BCUT2D eigenvalue weighted by molar-refractivity contribution is 5.96. The second kappa shape index (κ2) is 9.08. The monoisotopic (exact) mass is 421 g/mol. The molecule has 3 N–H and O–H groups in total. The number of aliphatic hydroxyl groups excluding tert-OH is 1. The van der Waals surface area contributed by atoms with Gasteiger partial charge in [0.25, 0.3) is 0 Å². The molecular formula is C23H39N3O4. The summed E-state index contributed by atoms with van der Waals surface area (Å²) >= 11 is 0. The average Bonchev–Trinajstić information content (AvgIpc) is 2.89. The van der Waals surface area contributed by atoms with Gasteiger partial charge in [-0.05, 0) is 38.0 Å². The fourth-order valence-electron chi connectivity index (χ4n) is 5.42. The summed E-state index contributed by atoms with van der Waals surface area (Å²) in [6.07, 6.45) is 5.06. The zero-order valence-corrected chi connectivity index (χ0v) is 19.5. The van der Waals surface area contributed by atoms with Crippen LogP contribution in [0.1, 0.15) is 54.4 Å². The SMILES string of the molecule is CNC(=O)[C@H]1[C@H]2C(=O)N(CCCO)[C@H](C(=O)NC(C)(C)CC(C)(C)C)[C@H]2C=C[C@H]1C. The van der Waals surface area contributed by atoms with Crippen molar-refractivity contribution in [3.05, 3.63) is 12.2 Å². The van der Waals surface area contributed by atoms with Crippen LogP contribution in [-0.2, 0) is 14.4 Å². The summed E-state index contributed by atoms with van der Waals surface area (Å²) in [7, 11) is 1.57. The summed E-state index contributed by atoms with van der Waals surface area (Å²) in [5.74, 6) is -2.06. The number of aliphatic hydroxyl groups is 1. The molecule has 0 aromatic rings. The Balaban J connectivity index is 2.37. The highest BCUT2D eigenvalue weighted by atomic mass is 16.3. The van der Waals surface area contributed by atoms with E-state index in [0.29, 0.717) is 13.0 Å². The zero-order valence-electron chi connectivity index (χ0n) is 19.5. The predicted molar refractivity (Wildman–Crippen MR) is 116 cm³/mol. The van der Waals surface area contributed by atoms with Crippen molar-refractivity contribution in [2.75, 3.05) is 20.2 Å². The maximum atomic E-state index is 13.4. The first-order valence-electron chi connectivity index (χ1n) is 11.0. The molecule has 0 aromatic heterocycles. The molecule has 5 atom stereocenters. The van der Waals surface area contributed by atoms with Gasteiger partial charge in [0.15, 0.2) is 0 Å². The summed E-state index contributed by atoms with van der Waals surface area (Å²) in [5, 5.41) is 15.1. The minimum atomic E-state index is -0.677. The van der Waals surface area contributed by atoms with Crippen LogP contribution >= 0.6 is 0 Å². The molecule has 1 aliphatic heterocycles. The topological polar surface area (TPSA) is 98.7 Å². The van der Waals surface area contributed by atoms with Crippen molar-refractivity contribution in [2.24, 2.45) is 29.1 Å². The van der Waals surface area contributed by atoms with Gasteiger partial charge < -0.3 is 20.6 Å². The Morgan fingerprint density at radius 3 is 2.30 bits per heavy atom. The molecule has 0 radical (unpaired) electrons. The number of hydrogen-bond acceptors (Lipinski definition) is 4. The first kappa shape index (κ1) is 24.4. The number of nitrogens with zero attached hydrogens (tertiary/aromatic N) is 1. The van der Waals surface area contributed by atoms with E-state index < -0.39 is 23.4 Å². The molecule has 0 bridgehead atoms. The maximum absolute atomic E-state index is 13.4. The number of carbonyl (C=O) groups excluding carboxylic acids is 3. The molecule has 170 valence electrons. The summed E-state index contributed by atoms with van der Waals surface area (Å²) in [6.45, 7) is 12.5. The number of hydrogen-bond donors (Lipinski definition) is 3. The van der Waals surface area contributed by atoms with Gasteiger partial charge in [0, 0.05) is 31.7 Å². The Bertz CT molecular complexity index is 695. The third kappa shape index (κ3) is 5.23. The predicted octanol–water partition coefficient (Wildman–Crippen LogP) is 1.71. The van der Waals surface area contributed by atoms with Gasteiger partial charge in [-0.1, -0.05) is 39.8 Å². The third-order valence-electron chi connectivity index (χ3n) is 6.08. The van der Waals surface area contributed by atoms with Crippen molar-refractivity contribution < 1.29 is 19.5 Å². The lowest BCUT2D eigenvalue weighted by molar-refractivity contribution is -0.141. The van der Waals surface area contributed by atoms with Crippen LogP contribution in [0.2, 0.25) is 0 Å². The minimum absolute atomic E-state index is 0.0336. The van der Waals surface area contributed by atoms with Crippen molar-refractivity contribution in [3.8, 4) is 0 Å². The van der Waals surface area contributed by atoms with Crippen LogP contribution in [0.3, 0.4) is 0 Å². The lowest BCUT2D eigenvalue weighted by Gasteiger charge is -2.37. The quantitative estimate of drug-likeness (QED) is 0.545. The Morgan fingerprint density at radius 2 is 1.77 bits per heavy atom. The largest absolute Gasteiger partial charge is 0.396 e. The summed E-state index contributed by atoms with van der Waals surface area (Å²) < 4.78 is 0. The fourth-order valence-corrected chi connectivity index (χ4v) is 5.42. The van der Waals surface area contributed by atoms with E-state index in [1.807, 2.05) is 32.9 Å². The smallest absolute Gasteiger partial charge is 0.243 e. The molecule has 2 aliphatic rings. The van der Waals surface area contributed by atoms with Gasteiger partial charge in [-0.25, -0.2) is 0 Å². The molecule has 1 heterocycles. The van der Waals surface area contributed by atoms with Crippen LogP contribution in [0.4, 0.5) is 0 Å². The van der Waals surface area contributed by atoms with E-state index in [0.717, 1.165) is 6.42 Å². The van der Waals surface area contributed by atoms with E-state index in [4.69, 9.17) is 0 Å². The van der Waals surface area contributed by atoms with Crippen LogP contribution in [0, 0.1) is 29.1 Å². The van der Waals surface area contributed by atoms with E-state index >= 15 is 0 Å². The fraction of sp³-hybridized carbons (Fsp3) is 0.783. The number of fused-ring (bicyclic) bond motifs is 1. The molecule has 7 nitrogen and oxygen atoms in total. The Labute approximate surface area is 180 Å². The lowest BCUT2D eigenvalue weighted by atomic mass is 9.70. The molecule has 0 unspecified atom stereocenters. The number of nitrogens with one attached hydrogen (secondary N) is 2. The normalized spacial score (nSPS) is 29.0. The van der Waals surface area contributed by atoms with Gasteiger partial charge in [0.2, 0.25) is 17.7 Å². The van der Waals surface area contributed by atoms with E-state index in [1.165, 1.54) is 0 Å². The number of amides is 3. The van der Waals surface area contributed by atoms with Crippen molar-refractivity contribution >= 4 is 17.7 Å². The van der Waals surface area contributed by atoms with Crippen LogP contribution in [0.15, 0.2) is 12.2 Å². The summed E-state index contributed by atoms with van der Waals surface area (Å²) in [5.41, 5.74) is -0.406. The van der Waals surface area contributed by atoms with Gasteiger partial charge in [-0.3, -0.25) is 14.4 Å². The van der Waals surface area contributed by atoms with Crippen molar-refractivity contribution in [3.63, 3.8) is 0 Å². The molecule has 0 saturated carbocycles. The number of allylic oxidation sites excluding steroid dienone is 1. The van der Waals surface area contributed by atoms with Crippen molar-refractivity contribution in [1.82, 2.24) is 15.5 Å². The molecule has 0 spiro atoms. The minimum Gasteiger partial charge on any atom is -0.396 e. The maximum Gasteiger partial charge on any atom is 0.243 e. The first-order valence-corrected chi connectivity index (χ1v) is 11.0. The lowest BCUT2D eigenvalue weighted by Crippen LogP contribution is -2.54. The van der Waals surface area contributed by atoms with Gasteiger partial charge in [0.05, 0.1) is 11.8 Å². The molecule has 2 rings (SSSR count). The van der Waals surface area contributed by atoms with E-state index in [-0.39, 0.29) is 41.6 Å². The van der Waals surface area contributed by atoms with Gasteiger partial charge in [0.1, 0.15) is 6.04 Å². The molecule has 1 fully saturated rings. The number of carbonyl (C=O) groups is 3. The second-order valence-electron chi connectivity index (χ2n) is 10.7. The number of likely N-dealkylation sites (tertiary alicyclic amines) is 1. The van der Waals surface area contributed by atoms with E-state index in [2.05, 4.69) is 31.4 Å². The van der Waals surface area contributed by atoms with Crippen LogP contribution in [0.25, 0.3) is 0 Å². The highest BCUT2D eigenvalue weighted by Gasteiger charge is 2.56. The second-order valence-corrected chi connectivity index (χ2v) is 10.7. The zero-order chi connectivity index (χ0) is 22.9. The molecule has 30 heavy (non-hydrogen) atoms. The van der Waals surface area contributed by atoms with E-state index in [1.54, 1.807) is 11.9 Å². The molecule has 1 saturated heterocycles. The standard InChI is InChI=1S/C23H39N3O4/c1-14-9-10-15-17(16(14)19(28)24-7)21(30)26(11-8-12-27)18(15)20(29)25-23(5,6)13-22(2,3)4/h9-10,14-18,27H,8,11-13H2,1-7H3,(H,24,28)(H,25,29)/t14-,15+,16-,17+,18+/m1/s1. The molecule has 7 heteroatoms. The van der Waals surface area contributed by atoms with Crippen molar-refractivity contribution in [1.29, 1.82) is 0 Å². The number of rotatable bonds is 7. The third-order valence-corrected chi connectivity index (χ3v) is 6.08. The molecular weight excluding hydrogens is 382 g/mol.